The van der Waals surface area contributed by atoms with Crippen molar-refractivity contribution in [3.8, 4) is 0 Å². The lowest BCUT2D eigenvalue weighted by molar-refractivity contribution is 0.0963. The van der Waals surface area contributed by atoms with Crippen LogP contribution in [0.5, 0.6) is 0 Å². The first kappa shape index (κ1) is 24.7. The van der Waals surface area contributed by atoms with Gasteiger partial charge in [0.25, 0.3) is 5.91 Å². The van der Waals surface area contributed by atoms with Crippen LogP contribution in [0, 0.1) is 5.92 Å². The van der Waals surface area contributed by atoms with Crippen molar-refractivity contribution in [2.45, 2.75) is 33.1 Å². The molecule has 1 fully saturated rings. The molecule has 0 aliphatic carbocycles. The van der Waals surface area contributed by atoms with Gasteiger partial charge in [0.2, 0.25) is 0 Å². The van der Waals surface area contributed by atoms with E-state index in [1.807, 2.05) is 18.2 Å². The number of carbonyl (C=O) groups excluding carboxylic acids is 1. The van der Waals surface area contributed by atoms with Crippen LogP contribution in [0.3, 0.4) is 0 Å². The first-order valence-corrected chi connectivity index (χ1v) is 10.2. The molecule has 2 rings (SSSR count). The van der Waals surface area contributed by atoms with E-state index in [2.05, 4.69) is 40.8 Å². The number of hydrogen-bond donors (Lipinski definition) is 3. The van der Waals surface area contributed by atoms with E-state index >= 15 is 0 Å². The van der Waals surface area contributed by atoms with E-state index < -0.39 is 0 Å². The van der Waals surface area contributed by atoms with Gasteiger partial charge in [-0.3, -0.25) is 9.79 Å². The minimum atomic E-state index is -0.0479. The Morgan fingerprint density at radius 1 is 1.29 bits per heavy atom. The molecule has 7 heteroatoms. The second-order valence-corrected chi connectivity index (χ2v) is 7.08. The number of likely N-dealkylation sites (tertiary alicyclic amines) is 1. The molecule has 1 aromatic carbocycles. The molecular weight excluding hydrogens is 465 g/mol. The molecule has 1 aliphatic heterocycles. The van der Waals surface area contributed by atoms with Crippen LogP contribution in [0.1, 0.15) is 42.6 Å². The van der Waals surface area contributed by atoms with Gasteiger partial charge in [-0.1, -0.05) is 19.1 Å². The molecule has 158 valence electrons. The highest BCUT2D eigenvalue weighted by Crippen LogP contribution is 2.16. The normalized spacial score (nSPS) is 17.5. The Morgan fingerprint density at radius 3 is 2.82 bits per heavy atom. The number of rotatable bonds is 8. The Hall–Kier alpha value is -1.35. The molecule has 1 unspecified atom stereocenters. The van der Waals surface area contributed by atoms with E-state index in [0.717, 1.165) is 50.7 Å². The molecule has 1 amide bonds. The standard InChI is InChI=1S/C21H35N5O.HI/c1-4-23-21(25-15-18-9-7-13-26(5-2)16-18)24-12-11-17-8-6-10-19(14-17)20(27)22-3;/h6,8,10,14,18H,4-5,7,9,11-13,15-16H2,1-3H3,(H,22,27)(H2,23,24,25);1H. The summed E-state index contributed by atoms with van der Waals surface area (Å²) in [5.74, 6) is 1.49. The molecule has 0 spiro atoms. The number of benzene rings is 1. The summed E-state index contributed by atoms with van der Waals surface area (Å²) in [5, 5.41) is 9.42. The average molecular weight is 501 g/mol. The van der Waals surface area contributed by atoms with Crippen molar-refractivity contribution in [1.82, 2.24) is 20.9 Å². The zero-order valence-corrected chi connectivity index (χ0v) is 19.8. The van der Waals surface area contributed by atoms with Crippen LogP contribution in [0.25, 0.3) is 0 Å². The zero-order valence-electron chi connectivity index (χ0n) is 17.5. The van der Waals surface area contributed by atoms with Crippen LogP contribution in [-0.4, -0.2) is 63.1 Å². The summed E-state index contributed by atoms with van der Waals surface area (Å²) in [6.07, 6.45) is 3.40. The number of amides is 1. The molecule has 1 saturated heterocycles. The molecule has 1 atom stereocenters. The summed E-state index contributed by atoms with van der Waals surface area (Å²) < 4.78 is 0. The Kier molecular flexibility index (Phi) is 12.1. The number of guanidine groups is 1. The van der Waals surface area contributed by atoms with Crippen LogP contribution >= 0.6 is 24.0 Å². The van der Waals surface area contributed by atoms with Crippen molar-refractivity contribution >= 4 is 35.8 Å². The van der Waals surface area contributed by atoms with Crippen LogP contribution in [0.2, 0.25) is 0 Å². The molecule has 0 aromatic heterocycles. The summed E-state index contributed by atoms with van der Waals surface area (Å²) in [7, 11) is 1.65. The molecule has 1 aliphatic rings. The van der Waals surface area contributed by atoms with Gasteiger partial charge in [-0.2, -0.15) is 0 Å². The van der Waals surface area contributed by atoms with Gasteiger partial charge in [-0.05, 0) is 62.9 Å². The first-order valence-electron chi connectivity index (χ1n) is 10.2. The second kappa shape index (κ2) is 13.8. The van der Waals surface area contributed by atoms with Crippen molar-refractivity contribution in [2.24, 2.45) is 10.9 Å². The molecule has 1 aromatic rings. The van der Waals surface area contributed by atoms with E-state index in [0.29, 0.717) is 11.5 Å². The third-order valence-corrected chi connectivity index (χ3v) is 5.02. The van der Waals surface area contributed by atoms with E-state index in [-0.39, 0.29) is 29.9 Å². The SMILES string of the molecule is CCNC(=NCC1CCCN(CC)C1)NCCc1cccc(C(=O)NC)c1.I. The Bertz CT molecular complexity index is 623. The number of hydrogen-bond acceptors (Lipinski definition) is 3. The number of aliphatic imine (C=N–C) groups is 1. The smallest absolute Gasteiger partial charge is 0.251 e. The number of nitrogens with one attached hydrogen (secondary N) is 3. The molecular formula is C21H36IN5O. The van der Waals surface area contributed by atoms with Crippen molar-refractivity contribution in [1.29, 1.82) is 0 Å². The summed E-state index contributed by atoms with van der Waals surface area (Å²) in [6.45, 7) is 10.3. The highest BCUT2D eigenvalue weighted by atomic mass is 127. The third-order valence-electron chi connectivity index (χ3n) is 5.02. The lowest BCUT2D eigenvalue weighted by Gasteiger charge is -2.31. The monoisotopic (exact) mass is 501 g/mol. The molecule has 3 N–H and O–H groups in total. The molecule has 0 saturated carbocycles. The van der Waals surface area contributed by atoms with E-state index in [9.17, 15) is 4.79 Å². The topological polar surface area (TPSA) is 68.8 Å². The largest absolute Gasteiger partial charge is 0.357 e. The summed E-state index contributed by atoms with van der Waals surface area (Å²) in [6, 6.07) is 7.78. The van der Waals surface area contributed by atoms with E-state index in [4.69, 9.17) is 4.99 Å². The van der Waals surface area contributed by atoms with Crippen molar-refractivity contribution < 1.29 is 4.79 Å². The van der Waals surface area contributed by atoms with Gasteiger partial charge in [0.1, 0.15) is 0 Å². The van der Waals surface area contributed by atoms with Crippen molar-refractivity contribution in [3.63, 3.8) is 0 Å². The first-order chi connectivity index (χ1) is 13.2. The van der Waals surface area contributed by atoms with Crippen LogP contribution in [0.4, 0.5) is 0 Å². The van der Waals surface area contributed by atoms with Gasteiger partial charge in [-0.15, -0.1) is 24.0 Å². The highest BCUT2D eigenvalue weighted by molar-refractivity contribution is 14.0. The van der Waals surface area contributed by atoms with Crippen molar-refractivity contribution in [2.75, 3.05) is 46.3 Å². The molecule has 0 bridgehead atoms. The minimum absolute atomic E-state index is 0. The lowest BCUT2D eigenvalue weighted by Crippen LogP contribution is -2.40. The number of halogens is 1. The molecule has 28 heavy (non-hydrogen) atoms. The lowest BCUT2D eigenvalue weighted by atomic mass is 9.98. The number of nitrogens with zero attached hydrogens (tertiary/aromatic N) is 2. The fraction of sp³-hybridized carbons (Fsp3) is 0.619. The van der Waals surface area contributed by atoms with Gasteiger partial charge in [0, 0.05) is 38.8 Å². The Balaban J connectivity index is 0.00000392. The Morgan fingerprint density at radius 2 is 2.11 bits per heavy atom. The zero-order chi connectivity index (χ0) is 19.5. The maximum Gasteiger partial charge on any atom is 0.251 e. The maximum absolute atomic E-state index is 11.8. The van der Waals surface area contributed by atoms with Gasteiger partial charge in [0.15, 0.2) is 5.96 Å². The fourth-order valence-corrected chi connectivity index (χ4v) is 3.49. The molecule has 0 radical (unpaired) electrons. The summed E-state index contributed by atoms with van der Waals surface area (Å²) in [4.78, 5) is 19.1. The fourth-order valence-electron chi connectivity index (χ4n) is 3.49. The third kappa shape index (κ3) is 8.34. The second-order valence-electron chi connectivity index (χ2n) is 7.08. The van der Waals surface area contributed by atoms with Crippen molar-refractivity contribution in [3.05, 3.63) is 35.4 Å². The highest BCUT2D eigenvalue weighted by Gasteiger charge is 2.18. The number of piperidine rings is 1. The van der Waals surface area contributed by atoms with Gasteiger partial charge < -0.3 is 20.9 Å². The van der Waals surface area contributed by atoms with Gasteiger partial charge >= 0.3 is 0 Å². The number of carbonyl (C=O) groups is 1. The summed E-state index contributed by atoms with van der Waals surface area (Å²) >= 11 is 0. The van der Waals surface area contributed by atoms with Crippen LogP contribution < -0.4 is 16.0 Å². The van der Waals surface area contributed by atoms with Gasteiger partial charge in [0.05, 0.1) is 0 Å². The maximum atomic E-state index is 11.8. The molecule has 1 heterocycles. The quantitative estimate of drug-likeness (QED) is 0.291. The Labute approximate surface area is 187 Å². The average Bonchev–Trinajstić information content (AvgIpc) is 2.71. The molecule has 6 nitrogen and oxygen atoms in total. The summed E-state index contributed by atoms with van der Waals surface area (Å²) in [5.41, 5.74) is 1.85. The van der Waals surface area contributed by atoms with Gasteiger partial charge in [-0.25, -0.2) is 0 Å². The minimum Gasteiger partial charge on any atom is -0.357 e. The predicted molar refractivity (Wildman–Crippen MR) is 128 cm³/mol. The van der Waals surface area contributed by atoms with E-state index in [1.54, 1.807) is 7.05 Å². The van der Waals surface area contributed by atoms with Crippen LogP contribution in [0.15, 0.2) is 29.3 Å². The van der Waals surface area contributed by atoms with Crippen LogP contribution in [-0.2, 0) is 6.42 Å². The predicted octanol–water partition coefficient (Wildman–Crippen LogP) is 2.49. The van der Waals surface area contributed by atoms with E-state index in [1.165, 1.54) is 19.4 Å².